The van der Waals surface area contributed by atoms with E-state index in [0.29, 0.717) is 11.5 Å². The van der Waals surface area contributed by atoms with Gasteiger partial charge in [0.2, 0.25) is 11.7 Å². The molecule has 1 heterocycles. The molecule has 1 saturated heterocycles. The third-order valence-corrected chi connectivity index (χ3v) is 10.3. The standard InChI is InChI=1S/C37H49BF2N2O9/c1-34(2,3)48-32(45)22-13-11-12-19(30(22)47-10)16-26(38-50-25-18-20-17-24(36(20,7)8)37(25,9)51-38)41-31(44)29(42-33(46)49-35(4,5)6)21-14-15-23(43)28(40)27(21)39/h11-15,20,24-26,29,43H,16-18H2,1-10H3,(H,41,44)(H,42,46)/t20-,24-,25+,26?,29?,37-/m0/s1. The van der Waals surface area contributed by atoms with E-state index in [1.54, 1.807) is 59.7 Å². The van der Waals surface area contributed by atoms with E-state index in [4.69, 9.17) is 23.5 Å². The Hall–Kier alpha value is -3.91. The molecule has 2 unspecified atom stereocenters. The maximum atomic E-state index is 15.3. The van der Waals surface area contributed by atoms with Crippen LogP contribution in [-0.4, -0.2) is 66.2 Å². The van der Waals surface area contributed by atoms with Crippen molar-refractivity contribution in [3.05, 3.63) is 58.7 Å². The minimum Gasteiger partial charge on any atom is -0.505 e. The van der Waals surface area contributed by atoms with E-state index >= 15 is 4.39 Å². The van der Waals surface area contributed by atoms with Gasteiger partial charge in [-0.1, -0.05) is 26.0 Å². The number of alkyl carbamates (subject to hydrolysis) is 1. The quantitative estimate of drug-likeness (QED) is 0.205. The second-order valence-corrected chi connectivity index (χ2v) is 16.5. The molecule has 6 atom stereocenters. The fourth-order valence-electron chi connectivity index (χ4n) is 7.76. The normalized spacial score (nSPS) is 24.8. The largest absolute Gasteiger partial charge is 0.505 e. The molecule has 51 heavy (non-hydrogen) atoms. The fourth-order valence-corrected chi connectivity index (χ4v) is 7.76. The summed E-state index contributed by atoms with van der Waals surface area (Å²) in [5, 5.41) is 15.0. The van der Waals surface area contributed by atoms with Gasteiger partial charge in [0.15, 0.2) is 11.6 Å². The fraction of sp³-hybridized carbons (Fsp3) is 0.595. The lowest BCUT2D eigenvalue weighted by Gasteiger charge is -2.64. The van der Waals surface area contributed by atoms with Crippen molar-refractivity contribution in [2.45, 2.75) is 116 Å². The Balaban J connectivity index is 1.53. The van der Waals surface area contributed by atoms with Crippen LogP contribution in [0.2, 0.25) is 0 Å². The average molecular weight is 715 g/mol. The predicted octanol–water partition coefficient (Wildman–Crippen LogP) is 6.20. The van der Waals surface area contributed by atoms with E-state index in [9.17, 15) is 23.9 Å². The highest BCUT2D eigenvalue weighted by atomic mass is 19.2. The Labute approximate surface area is 298 Å². The summed E-state index contributed by atoms with van der Waals surface area (Å²) in [6, 6.07) is 5.04. The van der Waals surface area contributed by atoms with Crippen LogP contribution < -0.4 is 15.4 Å². The Kier molecular flexibility index (Phi) is 10.2. The van der Waals surface area contributed by atoms with Crippen LogP contribution in [0.4, 0.5) is 13.6 Å². The lowest BCUT2D eigenvalue weighted by atomic mass is 9.43. The maximum Gasteiger partial charge on any atom is 0.482 e. The summed E-state index contributed by atoms with van der Waals surface area (Å²) < 4.78 is 59.9. The molecule has 2 aromatic rings. The second kappa shape index (κ2) is 13.6. The van der Waals surface area contributed by atoms with E-state index < -0.39 is 76.8 Å². The number of esters is 1. The molecule has 3 saturated carbocycles. The molecule has 14 heteroatoms. The molecule has 2 amide bonds. The Morgan fingerprint density at radius 1 is 0.980 bits per heavy atom. The van der Waals surface area contributed by atoms with Crippen molar-refractivity contribution in [3.63, 3.8) is 0 Å². The summed E-state index contributed by atoms with van der Waals surface area (Å²) in [5.74, 6) is -5.77. The average Bonchev–Trinajstić information content (AvgIpc) is 3.38. The van der Waals surface area contributed by atoms with Crippen LogP contribution in [0.25, 0.3) is 0 Å². The second-order valence-electron chi connectivity index (χ2n) is 16.5. The molecule has 4 fully saturated rings. The molecule has 0 radical (unpaired) electrons. The summed E-state index contributed by atoms with van der Waals surface area (Å²) >= 11 is 0. The van der Waals surface area contributed by atoms with Crippen molar-refractivity contribution in [1.29, 1.82) is 0 Å². The number of hydrogen-bond acceptors (Lipinski definition) is 9. The van der Waals surface area contributed by atoms with Crippen LogP contribution in [0.15, 0.2) is 30.3 Å². The number of nitrogens with one attached hydrogen (secondary N) is 2. The Morgan fingerprint density at radius 2 is 1.65 bits per heavy atom. The van der Waals surface area contributed by atoms with Crippen LogP contribution in [0.5, 0.6) is 11.5 Å². The summed E-state index contributed by atoms with van der Waals surface area (Å²) in [5.41, 5.74) is -2.29. The molecule has 3 N–H and O–H groups in total. The van der Waals surface area contributed by atoms with Gasteiger partial charge in [0.1, 0.15) is 28.6 Å². The van der Waals surface area contributed by atoms with E-state index in [-0.39, 0.29) is 35.2 Å². The molecule has 3 aliphatic carbocycles. The first kappa shape index (κ1) is 38.3. The predicted molar refractivity (Wildman–Crippen MR) is 184 cm³/mol. The molecule has 0 spiro atoms. The summed E-state index contributed by atoms with van der Waals surface area (Å²) in [6.07, 6.45) is 0.407. The number of methoxy groups -OCH3 is 1. The first-order valence-electron chi connectivity index (χ1n) is 17.2. The van der Waals surface area contributed by atoms with E-state index in [2.05, 4.69) is 24.5 Å². The number of para-hydroxylation sites is 1. The SMILES string of the molecule is COc1c(CC(NC(=O)C(NC(=O)OC(C)(C)C)c2ccc(O)c(F)c2F)B2O[C@@H]3C[C@@H]4C[C@@H](C4(C)C)[C@]3(C)O2)cccc1C(=O)OC(C)(C)C. The molecule has 6 rings (SSSR count). The van der Waals surface area contributed by atoms with Gasteiger partial charge in [-0.2, -0.15) is 4.39 Å². The molecule has 0 aromatic heterocycles. The number of carbonyl (C=O) groups is 3. The van der Waals surface area contributed by atoms with Gasteiger partial charge in [-0.3, -0.25) is 4.79 Å². The van der Waals surface area contributed by atoms with Gasteiger partial charge in [0.05, 0.1) is 24.8 Å². The van der Waals surface area contributed by atoms with Gasteiger partial charge in [0, 0.05) is 5.56 Å². The maximum absolute atomic E-state index is 15.3. The van der Waals surface area contributed by atoms with Crippen LogP contribution in [0.3, 0.4) is 0 Å². The summed E-state index contributed by atoms with van der Waals surface area (Å²) in [6.45, 7) is 16.5. The molecule has 4 aliphatic rings. The van der Waals surface area contributed by atoms with E-state index in [0.717, 1.165) is 25.0 Å². The number of hydrogen-bond donors (Lipinski definition) is 3. The van der Waals surface area contributed by atoms with E-state index in [1.807, 2.05) is 6.92 Å². The van der Waals surface area contributed by atoms with Gasteiger partial charge >= 0.3 is 19.2 Å². The van der Waals surface area contributed by atoms with Crippen LogP contribution in [0.1, 0.15) is 103 Å². The number of phenols is 1. The number of rotatable bonds is 9. The molecule has 2 aromatic carbocycles. The number of amides is 2. The lowest BCUT2D eigenvalue weighted by Crippen LogP contribution is -2.65. The third kappa shape index (κ3) is 7.67. The van der Waals surface area contributed by atoms with Crippen molar-refractivity contribution < 1.29 is 51.8 Å². The zero-order valence-corrected chi connectivity index (χ0v) is 30.9. The van der Waals surface area contributed by atoms with Crippen molar-refractivity contribution >= 4 is 25.1 Å². The van der Waals surface area contributed by atoms with Crippen LogP contribution >= 0.6 is 0 Å². The highest BCUT2D eigenvalue weighted by molar-refractivity contribution is 6.48. The highest BCUT2D eigenvalue weighted by Gasteiger charge is 2.68. The van der Waals surface area contributed by atoms with Crippen molar-refractivity contribution in [3.8, 4) is 11.5 Å². The number of halogens is 2. The van der Waals surface area contributed by atoms with Gasteiger partial charge in [-0.05, 0) is 109 Å². The van der Waals surface area contributed by atoms with Crippen molar-refractivity contribution in [2.75, 3.05) is 7.11 Å². The summed E-state index contributed by atoms with van der Waals surface area (Å²) in [7, 11) is 0.397. The van der Waals surface area contributed by atoms with Gasteiger partial charge < -0.3 is 39.3 Å². The lowest BCUT2D eigenvalue weighted by molar-refractivity contribution is -0.199. The first-order chi connectivity index (χ1) is 23.6. The minimum absolute atomic E-state index is 0.00207. The van der Waals surface area contributed by atoms with Crippen LogP contribution in [-0.2, 0) is 30.0 Å². The highest BCUT2D eigenvalue weighted by Crippen LogP contribution is 2.65. The van der Waals surface area contributed by atoms with Gasteiger partial charge in [-0.25, -0.2) is 14.0 Å². The zero-order chi connectivity index (χ0) is 37.8. The minimum atomic E-state index is -1.81. The smallest absolute Gasteiger partial charge is 0.482 e. The monoisotopic (exact) mass is 714 g/mol. The number of phenolic OH excluding ortho intramolecular Hbond substituents is 1. The molecule has 11 nitrogen and oxygen atoms in total. The third-order valence-electron chi connectivity index (χ3n) is 10.3. The number of carbonyl (C=O) groups excluding carboxylic acids is 3. The first-order valence-corrected chi connectivity index (χ1v) is 17.2. The molecule has 2 bridgehead atoms. The van der Waals surface area contributed by atoms with Crippen LogP contribution in [0, 0.1) is 28.9 Å². The molecular weight excluding hydrogens is 665 g/mol. The number of benzene rings is 2. The Morgan fingerprint density at radius 3 is 2.25 bits per heavy atom. The Bertz CT molecular complexity index is 1690. The van der Waals surface area contributed by atoms with E-state index in [1.165, 1.54) is 7.11 Å². The van der Waals surface area contributed by atoms with Gasteiger partial charge in [-0.15, -0.1) is 0 Å². The topological polar surface area (TPSA) is 142 Å². The molecule has 1 aliphatic heterocycles. The summed E-state index contributed by atoms with van der Waals surface area (Å²) in [4.78, 5) is 40.4. The van der Waals surface area contributed by atoms with Crippen molar-refractivity contribution in [1.82, 2.24) is 10.6 Å². The molecule has 278 valence electrons. The van der Waals surface area contributed by atoms with Gasteiger partial charge in [0.25, 0.3) is 0 Å². The molecular formula is C37H49BF2N2O9. The zero-order valence-electron chi connectivity index (χ0n) is 30.9. The number of ether oxygens (including phenoxy) is 3. The van der Waals surface area contributed by atoms with Crippen molar-refractivity contribution in [2.24, 2.45) is 17.3 Å². The number of aromatic hydroxyl groups is 1.